The highest BCUT2D eigenvalue weighted by Crippen LogP contribution is 2.25. The van der Waals surface area contributed by atoms with Gasteiger partial charge in [-0.25, -0.2) is 9.97 Å². The topological polar surface area (TPSA) is 64.1 Å². The highest BCUT2D eigenvalue weighted by atomic mass is 32.2. The standard InChI is InChI=1S/C15H13N3O2S2/c1-21-11-4-2-3-10(7-11)18-13(19)8-20-14-12-5-6-22-15(12)17-9-16-14/h2-7,9H,8H2,1H3,(H,18,19). The Bertz CT molecular complexity index is 804. The number of nitrogens with one attached hydrogen (secondary N) is 1. The van der Waals surface area contributed by atoms with Gasteiger partial charge in [-0.2, -0.15) is 0 Å². The molecule has 0 unspecified atom stereocenters. The average molecular weight is 331 g/mol. The van der Waals surface area contributed by atoms with E-state index in [-0.39, 0.29) is 12.5 Å². The van der Waals surface area contributed by atoms with Gasteiger partial charge in [-0.15, -0.1) is 23.1 Å². The first-order valence-corrected chi connectivity index (χ1v) is 8.61. The van der Waals surface area contributed by atoms with Crippen LogP contribution in [0.1, 0.15) is 0 Å². The number of nitrogens with zero attached hydrogens (tertiary/aromatic N) is 2. The lowest BCUT2D eigenvalue weighted by atomic mass is 10.3. The first kappa shape index (κ1) is 14.8. The van der Waals surface area contributed by atoms with Crippen molar-refractivity contribution in [2.45, 2.75) is 4.90 Å². The van der Waals surface area contributed by atoms with Crippen molar-refractivity contribution < 1.29 is 9.53 Å². The molecule has 0 radical (unpaired) electrons. The van der Waals surface area contributed by atoms with E-state index in [1.54, 1.807) is 11.8 Å². The van der Waals surface area contributed by atoms with Gasteiger partial charge in [0, 0.05) is 10.6 Å². The molecule has 22 heavy (non-hydrogen) atoms. The van der Waals surface area contributed by atoms with Crippen LogP contribution in [-0.2, 0) is 4.79 Å². The molecule has 1 N–H and O–H groups in total. The molecule has 0 aliphatic heterocycles. The van der Waals surface area contributed by atoms with E-state index in [0.29, 0.717) is 5.88 Å². The van der Waals surface area contributed by atoms with Crippen LogP contribution >= 0.6 is 23.1 Å². The van der Waals surface area contributed by atoms with Gasteiger partial charge in [-0.1, -0.05) is 6.07 Å². The maximum atomic E-state index is 12.0. The Hall–Kier alpha value is -2.12. The number of thioether (sulfide) groups is 1. The van der Waals surface area contributed by atoms with E-state index in [1.807, 2.05) is 42.0 Å². The zero-order valence-electron chi connectivity index (χ0n) is 11.8. The Balaban J connectivity index is 1.63. The van der Waals surface area contributed by atoms with Crippen molar-refractivity contribution in [3.05, 3.63) is 42.0 Å². The summed E-state index contributed by atoms with van der Waals surface area (Å²) in [7, 11) is 0. The minimum atomic E-state index is -0.222. The quantitative estimate of drug-likeness (QED) is 0.726. The van der Waals surface area contributed by atoms with Gasteiger partial charge in [0.1, 0.15) is 11.2 Å². The fourth-order valence-electron chi connectivity index (χ4n) is 1.91. The van der Waals surface area contributed by atoms with E-state index < -0.39 is 0 Å². The molecule has 1 amide bonds. The van der Waals surface area contributed by atoms with Crippen LogP contribution in [0.4, 0.5) is 5.69 Å². The van der Waals surface area contributed by atoms with Crippen molar-refractivity contribution in [3.8, 4) is 5.88 Å². The minimum Gasteiger partial charge on any atom is -0.467 e. The molecule has 0 fully saturated rings. The molecule has 0 aliphatic rings. The molecule has 0 saturated carbocycles. The van der Waals surface area contributed by atoms with Crippen LogP contribution < -0.4 is 10.1 Å². The first-order chi connectivity index (χ1) is 10.8. The molecule has 7 heteroatoms. The van der Waals surface area contributed by atoms with Crippen LogP contribution in [0.5, 0.6) is 5.88 Å². The van der Waals surface area contributed by atoms with Crippen molar-refractivity contribution in [3.63, 3.8) is 0 Å². The summed E-state index contributed by atoms with van der Waals surface area (Å²) < 4.78 is 5.51. The summed E-state index contributed by atoms with van der Waals surface area (Å²) >= 11 is 3.13. The number of thiophene rings is 1. The first-order valence-electron chi connectivity index (χ1n) is 6.51. The van der Waals surface area contributed by atoms with Gasteiger partial charge >= 0.3 is 0 Å². The number of aromatic nitrogens is 2. The molecular formula is C15H13N3O2S2. The third kappa shape index (κ3) is 3.37. The normalized spacial score (nSPS) is 10.6. The maximum absolute atomic E-state index is 12.0. The Kier molecular flexibility index (Phi) is 4.55. The van der Waals surface area contributed by atoms with Crippen molar-refractivity contribution in [1.29, 1.82) is 0 Å². The van der Waals surface area contributed by atoms with E-state index in [1.165, 1.54) is 17.7 Å². The number of carbonyl (C=O) groups is 1. The van der Waals surface area contributed by atoms with Gasteiger partial charge in [0.2, 0.25) is 5.88 Å². The molecule has 0 atom stereocenters. The molecule has 0 aliphatic carbocycles. The fraction of sp³-hybridized carbons (Fsp3) is 0.133. The number of benzene rings is 1. The van der Waals surface area contributed by atoms with Gasteiger partial charge in [0.25, 0.3) is 5.91 Å². The van der Waals surface area contributed by atoms with Gasteiger partial charge in [0.05, 0.1) is 5.39 Å². The number of anilines is 1. The second kappa shape index (κ2) is 6.76. The lowest BCUT2D eigenvalue weighted by Crippen LogP contribution is -2.20. The van der Waals surface area contributed by atoms with Crippen molar-refractivity contribution in [2.75, 3.05) is 18.2 Å². The van der Waals surface area contributed by atoms with Crippen molar-refractivity contribution >= 4 is 44.9 Å². The SMILES string of the molecule is CSc1cccc(NC(=O)COc2ncnc3sccc23)c1. The number of rotatable bonds is 5. The summed E-state index contributed by atoms with van der Waals surface area (Å²) in [4.78, 5) is 22.1. The minimum absolute atomic E-state index is 0.0918. The van der Waals surface area contributed by atoms with E-state index >= 15 is 0 Å². The van der Waals surface area contributed by atoms with Gasteiger partial charge < -0.3 is 10.1 Å². The summed E-state index contributed by atoms with van der Waals surface area (Å²) in [5.74, 6) is 0.208. The summed E-state index contributed by atoms with van der Waals surface area (Å²) in [6, 6.07) is 9.55. The van der Waals surface area contributed by atoms with Crippen LogP contribution in [0.3, 0.4) is 0 Å². The number of amides is 1. The van der Waals surface area contributed by atoms with Gasteiger partial charge in [-0.05, 0) is 35.9 Å². The molecule has 0 saturated heterocycles. The highest BCUT2D eigenvalue weighted by molar-refractivity contribution is 7.98. The van der Waals surface area contributed by atoms with E-state index in [0.717, 1.165) is 20.8 Å². The zero-order chi connectivity index (χ0) is 15.4. The molecular weight excluding hydrogens is 318 g/mol. The summed E-state index contributed by atoms with van der Waals surface area (Å²) in [6.07, 6.45) is 3.43. The molecule has 5 nitrogen and oxygen atoms in total. The maximum Gasteiger partial charge on any atom is 0.262 e. The molecule has 0 bridgehead atoms. The van der Waals surface area contributed by atoms with Crippen LogP contribution in [-0.4, -0.2) is 28.7 Å². The van der Waals surface area contributed by atoms with Crippen LogP contribution in [0.2, 0.25) is 0 Å². The predicted octanol–water partition coefficient (Wildman–Crippen LogP) is 3.43. The molecule has 2 heterocycles. The summed E-state index contributed by atoms with van der Waals surface area (Å²) in [6.45, 7) is -0.0918. The number of fused-ring (bicyclic) bond motifs is 1. The van der Waals surface area contributed by atoms with Gasteiger partial charge in [0.15, 0.2) is 6.61 Å². The lowest BCUT2D eigenvalue weighted by molar-refractivity contribution is -0.118. The zero-order valence-corrected chi connectivity index (χ0v) is 13.4. The number of hydrogen-bond donors (Lipinski definition) is 1. The highest BCUT2D eigenvalue weighted by Gasteiger charge is 2.09. The van der Waals surface area contributed by atoms with E-state index in [4.69, 9.17) is 4.74 Å². The molecule has 3 aromatic rings. The summed E-state index contributed by atoms with van der Waals surface area (Å²) in [5.41, 5.74) is 0.754. The lowest BCUT2D eigenvalue weighted by Gasteiger charge is -2.08. The Morgan fingerprint density at radius 1 is 1.36 bits per heavy atom. The van der Waals surface area contributed by atoms with Crippen LogP contribution in [0.25, 0.3) is 10.2 Å². The van der Waals surface area contributed by atoms with Crippen molar-refractivity contribution in [1.82, 2.24) is 9.97 Å². The fourth-order valence-corrected chi connectivity index (χ4v) is 3.10. The Labute approximate surface area is 135 Å². The molecule has 0 spiro atoms. The predicted molar refractivity (Wildman–Crippen MR) is 89.8 cm³/mol. The number of carbonyl (C=O) groups excluding carboxylic acids is 1. The van der Waals surface area contributed by atoms with Crippen LogP contribution in [0, 0.1) is 0 Å². The van der Waals surface area contributed by atoms with Crippen molar-refractivity contribution in [2.24, 2.45) is 0 Å². The molecule has 2 aromatic heterocycles. The smallest absolute Gasteiger partial charge is 0.262 e. The Morgan fingerprint density at radius 2 is 2.27 bits per heavy atom. The Morgan fingerprint density at radius 3 is 3.14 bits per heavy atom. The third-order valence-corrected chi connectivity index (χ3v) is 4.46. The third-order valence-electron chi connectivity index (χ3n) is 2.92. The van der Waals surface area contributed by atoms with Crippen LogP contribution in [0.15, 0.2) is 46.9 Å². The molecule has 112 valence electrons. The number of ether oxygens (including phenoxy) is 1. The van der Waals surface area contributed by atoms with E-state index in [9.17, 15) is 4.79 Å². The largest absolute Gasteiger partial charge is 0.467 e. The average Bonchev–Trinajstić information content (AvgIpc) is 3.02. The van der Waals surface area contributed by atoms with E-state index in [2.05, 4.69) is 15.3 Å². The molecule has 1 aromatic carbocycles. The van der Waals surface area contributed by atoms with Gasteiger partial charge in [-0.3, -0.25) is 4.79 Å². The second-order valence-electron chi connectivity index (χ2n) is 4.39. The summed E-state index contributed by atoms with van der Waals surface area (Å²) in [5, 5.41) is 5.55. The molecule has 3 rings (SSSR count). The second-order valence-corrected chi connectivity index (χ2v) is 6.16. The monoisotopic (exact) mass is 331 g/mol. The number of hydrogen-bond acceptors (Lipinski definition) is 6.